The zero-order valence-electron chi connectivity index (χ0n) is 11.1. The first-order chi connectivity index (χ1) is 9.06. The number of halogens is 1. The third-order valence-corrected chi connectivity index (χ3v) is 3.44. The molecule has 1 aromatic heterocycles. The topological polar surface area (TPSA) is 67.6 Å². The molecule has 7 heteroatoms. The molecule has 106 valence electrons. The first kappa shape index (κ1) is 14.3. The van der Waals surface area contributed by atoms with Gasteiger partial charge in [0.1, 0.15) is 0 Å². The predicted molar refractivity (Wildman–Crippen MR) is 70.2 cm³/mol. The van der Waals surface area contributed by atoms with Crippen LogP contribution in [0.2, 0.25) is 5.22 Å². The molecule has 0 bridgehead atoms. The van der Waals surface area contributed by atoms with E-state index in [9.17, 15) is 4.79 Å². The van der Waals surface area contributed by atoms with Gasteiger partial charge in [0.25, 0.3) is 0 Å². The lowest BCUT2D eigenvalue weighted by atomic mass is 10.2. The van der Waals surface area contributed by atoms with Crippen LogP contribution in [0.4, 0.5) is 0 Å². The molecule has 1 aromatic rings. The molecule has 1 unspecified atom stereocenters. The van der Waals surface area contributed by atoms with E-state index < -0.39 is 0 Å². The van der Waals surface area contributed by atoms with E-state index in [2.05, 4.69) is 15.4 Å². The second-order valence-corrected chi connectivity index (χ2v) is 5.10. The van der Waals surface area contributed by atoms with Crippen molar-refractivity contribution < 1.29 is 14.1 Å². The Hall–Kier alpha value is -1.11. The summed E-state index contributed by atoms with van der Waals surface area (Å²) in [7, 11) is 2.04. The van der Waals surface area contributed by atoms with Gasteiger partial charge in [-0.3, -0.25) is 4.79 Å². The second-order valence-electron chi connectivity index (χ2n) is 4.76. The van der Waals surface area contributed by atoms with Gasteiger partial charge in [-0.05, 0) is 25.6 Å². The summed E-state index contributed by atoms with van der Waals surface area (Å²) in [6.07, 6.45) is 0.221. The molecular formula is C12H18ClN3O3. The molecule has 1 aliphatic rings. The van der Waals surface area contributed by atoms with E-state index in [1.165, 1.54) is 0 Å². The van der Waals surface area contributed by atoms with Crippen molar-refractivity contribution in [3.63, 3.8) is 0 Å². The highest BCUT2D eigenvalue weighted by atomic mass is 35.5. The molecular weight excluding hydrogens is 270 g/mol. The number of likely N-dealkylation sites (N-methyl/N-ethyl adjacent to an activating group) is 1. The Morgan fingerprint density at radius 1 is 1.63 bits per heavy atom. The van der Waals surface area contributed by atoms with Gasteiger partial charge in [-0.1, -0.05) is 5.16 Å². The van der Waals surface area contributed by atoms with E-state index in [0.29, 0.717) is 24.4 Å². The number of rotatable bonds is 4. The second kappa shape index (κ2) is 6.36. The van der Waals surface area contributed by atoms with Crippen LogP contribution in [0.5, 0.6) is 0 Å². The summed E-state index contributed by atoms with van der Waals surface area (Å²) >= 11 is 5.82. The van der Waals surface area contributed by atoms with Gasteiger partial charge in [-0.15, -0.1) is 0 Å². The molecule has 0 aromatic carbocycles. The standard InChI is InChI=1S/C12H18ClN3O3/c1-8-10(12(13)19-15-8)5-11(17)14-6-9-7-16(2)3-4-18-9/h9H,3-7H2,1-2H3,(H,14,17). The third-order valence-electron chi connectivity index (χ3n) is 3.14. The molecule has 0 spiro atoms. The Balaban J connectivity index is 1.79. The van der Waals surface area contributed by atoms with Crippen molar-refractivity contribution in [1.82, 2.24) is 15.4 Å². The molecule has 0 saturated carbocycles. The lowest BCUT2D eigenvalue weighted by molar-refractivity contribution is -0.121. The molecule has 1 atom stereocenters. The first-order valence-electron chi connectivity index (χ1n) is 6.23. The van der Waals surface area contributed by atoms with Crippen LogP contribution in [0, 0.1) is 6.92 Å². The molecule has 1 amide bonds. The van der Waals surface area contributed by atoms with Gasteiger partial charge in [0.05, 0.1) is 24.8 Å². The Morgan fingerprint density at radius 2 is 2.42 bits per heavy atom. The minimum Gasteiger partial charge on any atom is -0.374 e. The average Bonchev–Trinajstić information content (AvgIpc) is 2.68. The van der Waals surface area contributed by atoms with E-state index in [1.54, 1.807) is 6.92 Å². The van der Waals surface area contributed by atoms with Crippen LogP contribution in [0.3, 0.4) is 0 Å². The van der Waals surface area contributed by atoms with Gasteiger partial charge in [0, 0.05) is 25.2 Å². The average molecular weight is 288 g/mol. The number of carbonyl (C=O) groups is 1. The van der Waals surface area contributed by atoms with Gasteiger partial charge in [0.2, 0.25) is 11.1 Å². The minimum absolute atomic E-state index is 0.0433. The quantitative estimate of drug-likeness (QED) is 0.879. The Morgan fingerprint density at radius 3 is 3.05 bits per heavy atom. The number of aromatic nitrogens is 1. The molecule has 2 rings (SSSR count). The monoisotopic (exact) mass is 287 g/mol. The summed E-state index contributed by atoms with van der Waals surface area (Å²) in [5.41, 5.74) is 1.29. The fraction of sp³-hybridized carbons (Fsp3) is 0.667. The number of amides is 1. The number of ether oxygens (including phenoxy) is 1. The lowest BCUT2D eigenvalue weighted by Gasteiger charge is -2.30. The van der Waals surface area contributed by atoms with E-state index in [1.807, 2.05) is 7.05 Å². The fourth-order valence-corrected chi connectivity index (χ4v) is 2.24. The molecule has 1 N–H and O–H groups in total. The van der Waals surface area contributed by atoms with Crippen molar-refractivity contribution in [1.29, 1.82) is 0 Å². The number of hydrogen-bond acceptors (Lipinski definition) is 5. The Kier molecular flexibility index (Phi) is 4.79. The summed E-state index contributed by atoms with van der Waals surface area (Å²) in [6.45, 7) is 4.73. The van der Waals surface area contributed by atoms with E-state index in [4.69, 9.17) is 20.9 Å². The minimum atomic E-state index is -0.106. The SMILES string of the molecule is Cc1noc(Cl)c1CC(=O)NCC1CN(C)CCO1. The van der Waals surface area contributed by atoms with Crippen molar-refractivity contribution >= 4 is 17.5 Å². The van der Waals surface area contributed by atoms with Crippen molar-refractivity contribution in [2.45, 2.75) is 19.4 Å². The van der Waals surface area contributed by atoms with Crippen LogP contribution in [0.1, 0.15) is 11.3 Å². The molecule has 2 heterocycles. The van der Waals surface area contributed by atoms with Gasteiger partial charge in [0.15, 0.2) is 0 Å². The van der Waals surface area contributed by atoms with Crippen LogP contribution in [-0.4, -0.2) is 55.4 Å². The highest BCUT2D eigenvalue weighted by molar-refractivity contribution is 6.29. The zero-order valence-corrected chi connectivity index (χ0v) is 11.9. The van der Waals surface area contributed by atoms with E-state index in [-0.39, 0.29) is 23.7 Å². The third kappa shape index (κ3) is 3.92. The highest BCUT2D eigenvalue weighted by Crippen LogP contribution is 2.19. The maximum atomic E-state index is 11.8. The van der Waals surface area contributed by atoms with Crippen LogP contribution in [-0.2, 0) is 16.0 Å². The molecule has 1 saturated heterocycles. The maximum absolute atomic E-state index is 11.8. The Bertz CT molecular complexity index is 430. The zero-order chi connectivity index (χ0) is 13.8. The van der Waals surface area contributed by atoms with Gasteiger partial charge in [-0.2, -0.15) is 0 Å². The molecule has 6 nitrogen and oxygen atoms in total. The Labute approximate surface area is 117 Å². The summed E-state index contributed by atoms with van der Waals surface area (Å²) < 4.78 is 10.4. The van der Waals surface area contributed by atoms with Crippen molar-refractivity contribution in [2.24, 2.45) is 0 Å². The van der Waals surface area contributed by atoms with Crippen molar-refractivity contribution in [2.75, 3.05) is 33.3 Å². The lowest BCUT2D eigenvalue weighted by Crippen LogP contribution is -2.46. The normalized spacial score (nSPS) is 20.5. The summed E-state index contributed by atoms with van der Waals surface area (Å²) in [5, 5.41) is 6.74. The first-order valence-corrected chi connectivity index (χ1v) is 6.61. The van der Waals surface area contributed by atoms with E-state index in [0.717, 1.165) is 13.1 Å². The molecule has 19 heavy (non-hydrogen) atoms. The van der Waals surface area contributed by atoms with Gasteiger partial charge >= 0.3 is 0 Å². The maximum Gasteiger partial charge on any atom is 0.229 e. The molecule has 1 aliphatic heterocycles. The molecule has 0 radical (unpaired) electrons. The smallest absolute Gasteiger partial charge is 0.229 e. The van der Waals surface area contributed by atoms with Crippen LogP contribution < -0.4 is 5.32 Å². The largest absolute Gasteiger partial charge is 0.374 e. The molecule has 0 aliphatic carbocycles. The predicted octanol–water partition coefficient (Wildman–Crippen LogP) is 0.626. The summed E-state index contributed by atoms with van der Waals surface area (Å²) in [6, 6.07) is 0. The van der Waals surface area contributed by atoms with Crippen LogP contribution in [0.15, 0.2) is 4.52 Å². The number of aryl methyl sites for hydroxylation is 1. The fourth-order valence-electron chi connectivity index (χ4n) is 2.00. The van der Waals surface area contributed by atoms with Crippen LogP contribution in [0.25, 0.3) is 0 Å². The van der Waals surface area contributed by atoms with Crippen molar-refractivity contribution in [3.05, 3.63) is 16.5 Å². The van der Waals surface area contributed by atoms with Gasteiger partial charge < -0.3 is 19.5 Å². The summed E-state index contributed by atoms with van der Waals surface area (Å²) in [4.78, 5) is 14.0. The summed E-state index contributed by atoms with van der Waals surface area (Å²) in [5.74, 6) is -0.106. The number of nitrogens with one attached hydrogen (secondary N) is 1. The number of nitrogens with zero attached hydrogens (tertiary/aromatic N) is 2. The molecule has 1 fully saturated rings. The number of carbonyl (C=O) groups excluding carboxylic acids is 1. The highest BCUT2D eigenvalue weighted by Gasteiger charge is 2.19. The van der Waals surface area contributed by atoms with Crippen LogP contribution >= 0.6 is 11.6 Å². The number of morpholine rings is 1. The number of hydrogen-bond donors (Lipinski definition) is 1. The van der Waals surface area contributed by atoms with Gasteiger partial charge in [-0.25, -0.2) is 0 Å². The van der Waals surface area contributed by atoms with E-state index >= 15 is 0 Å². The van der Waals surface area contributed by atoms with Crippen molar-refractivity contribution in [3.8, 4) is 0 Å².